The summed E-state index contributed by atoms with van der Waals surface area (Å²) in [5, 5.41) is 0.771. The molecule has 2 heteroatoms. The van der Waals surface area contributed by atoms with Crippen molar-refractivity contribution in [3.05, 3.63) is 0 Å². The molecule has 0 N–H and O–H groups in total. The molecule has 30 valence electrons. The zero-order chi connectivity index (χ0) is 4.12. The molecule has 0 aliphatic heterocycles. The van der Waals surface area contributed by atoms with Gasteiger partial charge < -0.3 is 0 Å². The van der Waals surface area contributed by atoms with Gasteiger partial charge in [0, 0.05) is 0 Å². The van der Waals surface area contributed by atoms with Gasteiger partial charge in [-0.25, -0.2) is 0 Å². The third-order valence-corrected chi connectivity index (χ3v) is 1.22. The fourth-order valence-corrected chi connectivity index (χ4v) is 0.354. The number of rotatable bonds is 2. The van der Waals surface area contributed by atoms with Crippen LogP contribution in [-0.4, -0.2) is 21.2 Å². The van der Waals surface area contributed by atoms with Crippen molar-refractivity contribution in [2.75, 3.05) is 0 Å². The van der Waals surface area contributed by atoms with Crippen LogP contribution in [0.5, 0.6) is 0 Å². The molecule has 0 saturated heterocycles. The van der Waals surface area contributed by atoms with Gasteiger partial charge in [-0.2, -0.15) is 0 Å². The van der Waals surface area contributed by atoms with E-state index in [9.17, 15) is 4.79 Å². The monoisotopic (exact) mass is 138 g/mol. The van der Waals surface area contributed by atoms with Crippen LogP contribution in [0.4, 0.5) is 0 Å². The van der Waals surface area contributed by atoms with E-state index in [-0.39, 0.29) is 0 Å². The summed E-state index contributed by atoms with van der Waals surface area (Å²) in [5.41, 5.74) is 0. The maximum absolute atomic E-state index is 9.42. The van der Waals surface area contributed by atoms with Crippen LogP contribution >= 0.6 is 0 Å². The van der Waals surface area contributed by atoms with Crippen molar-refractivity contribution < 1.29 is 4.79 Å². The zero-order valence-corrected chi connectivity index (χ0v) is 4.81. The first kappa shape index (κ1) is 5.19. The van der Waals surface area contributed by atoms with E-state index in [2.05, 4.69) is 0 Å². The number of hydrogen-bond acceptors (Lipinski definition) is 1. The van der Waals surface area contributed by atoms with Crippen molar-refractivity contribution in [2.45, 2.75) is 11.1 Å². The van der Waals surface area contributed by atoms with Crippen molar-refractivity contribution in [2.24, 2.45) is 0 Å². The molecule has 0 aromatic rings. The van der Waals surface area contributed by atoms with E-state index < -0.39 is 0 Å². The Balaban J connectivity index is 2.40. The van der Waals surface area contributed by atoms with E-state index >= 15 is 0 Å². The van der Waals surface area contributed by atoms with Gasteiger partial charge in [0.05, 0.1) is 0 Å². The molecule has 0 radical (unpaired) electrons. The van der Waals surface area contributed by atoms with Crippen molar-refractivity contribution in [1.29, 1.82) is 0 Å². The SMILES string of the molecule is C[Se]CC=O. The Kier molecular flexibility index (Phi) is 4.35. The Morgan fingerprint density at radius 2 is 2.60 bits per heavy atom. The van der Waals surface area contributed by atoms with Crippen molar-refractivity contribution in [3.63, 3.8) is 0 Å². The summed E-state index contributed by atoms with van der Waals surface area (Å²) in [6, 6.07) is 0. The number of carbonyl (C=O) groups is 1. The average molecular weight is 137 g/mol. The van der Waals surface area contributed by atoms with Gasteiger partial charge in [-0.1, -0.05) is 0 Å². The Bertz CT molecular complexity index is 28.1. The van der Waals surface area contributed by atoms with Crippen LogP contribution in [-0.2, 0) is 4.79 Å². The third-order valence-electron chi connectivity index (χ3n) is 0.235. The van der Waals surface area contributed by atoms with Crippen LogP contribution in [0.1, 0.15) is 0 Å². The molecule has 0 bridgehead atoms. The first-order chi connectivity index (χ1) is 2.41. The second kappa shape index (κ2) is 4.19. The van der Waals surface area contributed by atoms with Crippen molar-refractivity contribution in [1.82, 2.24) is 0 Å². The molecule has 0 aliphatic rings. The topological polar surface area (TPSA) is 17.1 Å². The first-order valence-electron chi connectivity index (χ1n) is 1.34. The second-order valence-corrected chi connectivity index (χ2v) is 2.53. The number of hydrogen-bond donors (Lipinski definition) is 0. The molecule has 0 aromatic carbocycles. The standard InChI is InChI=1S/C3H6OSe/c1-5-3-2-4/h2H,3H2,1H3. The summed E-state index contributed by atoms with van der Waals surface area (Å²) < 4.78 is 0. The molecular weight excluding hydrogens is 131 g/mol. The predicted molar refractivity (Wildman–Crippen MR) is 22.5 cm³/mol. The summed E-state index contributed by atoms with van der Waals surface area (Å²) in [6.07, 6.45) is 0.958. The number of aldehydes is 1. The average Bonchev–Trinajstić information content (AvgIpc) is 1.41. The Morgan fingerprint density at radius 3 is 2.60 bits per heavy atom. The quantitative estimate of drug-likeness (QED) is 0.396. The van der Waals surface area contributed by atoms with E-state index in [1.807, 2.05) is 5.82 Å². The van der Waals surface area contributed by atoms with E-state index in [1.54, 1.807) is 0 Å². The van der Waals surface area contributed by atoms with Gasteiger partial charge in [-0.15, -0.1) is 0 Å². The van der Waals surface area contributed by atoms with E-state index in [0.29, 0.717) is 15.0 Å². The Morgan fingerprint density at radius 1 is 2.00 bits per heavy atom. The minimum atomic E-state index is 0.557. The van der Waals surface area contributed by atoms with Gasteiger partial charge in [0.25, 0.3) is 0 Å². The van der Waals surface area contributed by atoms with Crippen LogP contribution in [0.25, 0.3) is 0 Å². The molecule has 0 saturated carbocycles. The fourth-order valence-electron chi connectivity index (χ4n) is 0.0680. The third kappa shape index (κ3) is 4.19. The van der Waals surface area contributed by atoms with Crippen LogP contribution in [0, 0.1) is 0 Å². The molecule has 0 rings (SSSR count). The van der Waals surface area contributed by atoms with E-state index in [0.717, 1.165) is 11.6 Å². The molecule has 0 amide bonds. The molecule has 5 heavy (non-hydrogen) atoms. The van der Waals surface area contributed by atoms with Gasteiger partial charge in [0.15, 0.2) is 0 Å². The van der Waals surface area contributed by atoms with Gasteiger partial charge in [0.2, 0.25) is 0 Å². The molecule has 1 nitrogen and oxygen atoms in total. The van der Waals surface area contributed by atoms with E-state index in [4.69, 9.17) is 0 Å². The predicted octanol–water partition coefficient (Wildman–Crippen LogP) is 0.356. The number of carbonyl (C=O) groups excluding carboxylic acids is 1. The molecule has 0 spiro atoms. The van der Waals surface area contributed by atoms with Gasteiger partial charge in [-0.3, -0.25) is 0 Å². The van der Waals surface area contributed by atoms with E-state index in [1.165, 1.54) is 0 Å². The summed E-state index contributed by atoms with van der Waals surface area (Å²) in [5.74, 6) is 2.04. The van der Waals surface area contributed by atoms with Crippen LogP contribution in [0.3, 0.4) is 0 Å². The molecule has 0 aliphatic carbocycles. The van der Waals surface area contributed by atoms with Crippen molar-refractivity contribution in [3.8, 4) is 0 Å². The minimum absolute atomic E-state index is 0.557. The maximum atomic E-state index is 9.42. The zero-order valence-electron chi connectivity index (χ0n) is 3.10. The van der Waals surface area contributed by atoms with Crippen LogP contribution < -0.4 is 0 Å². The molecule has 0 atom stereocenters. The normalized spacial score (nSPS) is 7.40. The van der Waals surface area contributed by atoms with Crippen molar-refractivity contribution >= 4 is 21.2 Å². The summed E-state index contributed by atoms with van der Waals surface area (Å²) in [4.78, 5) is 9.42. The Labute approximate surface area is 37.9 Å². The second-order valence-electron chi connectivity index (χ2n) is 0.622. The summed E-state index contributed by atoms with van der Waals surface area (Å²) in [6.45, 7) is 0. The summed E-state index contributed by atoms with van der Waals surface area (Å²) in [7, 11) is 0. The van der Waals surface area contributed by atoms with Crippen LogP contribution in [0.15, 0.2) is 0 Å². The molecule has 0 unspecified atom stereocenters. The molecule has 0 heterocycles. The van der Waals surface area contributed by atoms with Gasteiger partial charge in [0.1, 0.15) is 0 Å². The van der Waals surface area contributed by atoms with Crippen LogP contribution in [0.2, 0.25) is 11.1 Å². The fraction of sp³-hybridized carbons (Fsp3) is 0.667. The summed E-state index contributed by atoms with van der Waals surface area (Å²) >= 11 is 0.557. The Hall–Kier alpha value is 0.189. The first-order valence-corrected chi connectivity index (χ1v) is 4.27. The molecule has 0 aromatic heterocycles. The van der Waals surface area contributed by atoms with Gasteiger partial charge in [-0.05, 0) is 0 Å². The van der Waals surface area contributed by atoms with Gasteiger partial charge >= 0.3 is 37.2 Å². The molecular formula is C3H6OSe. The molecule has 0 fully saturated rings.